The number of hydrazine groups is 1. The Kier molecular flexibility index (Phi) is 3.10. The Morgan fingerprint density at radius 2 is 0.875 bits per heavy atom. The number of rotatable bonds is 3. The second kappa shape index (κ2) is 4.71. The van der Waals surface area contributed by atoms with E-state index in [0.717, 1.165) is 11.4 Å². The molecule has 2 aromatic carbocycles. The summed E-state index contributed by atoms with van der Waals surface area (Å²) in [5.74, 6) is 0. The van der Waals surface area contributed by atoms with Crippen molar-refractivity contribution < 1.29 is 0 Å². The van der Waals surface area contributed by atoms with E-state index < -0.39 is 0 Å². The Morgan fingerprint density at radius 3 is 1.19 bits per heavy atom. The SMILES string of the molecule is Cc1ccc(NNc2ccc(C)cc2)cc1. The van der Waals surface area contributed by atoms with Gasteiger partial charge in [-0.1, -0.05) is 35.4 Å². The molecule has 82 valence electrons. The van der Waals surface area contributed by atoms with E-state index in [2.05, 4.69) is 73.2 Å². The van der Waals surface area contributed by atoms with Crippen LogP contribution in [0.15, 0.2) is 48.5 Å². The third-order valence-electron chi connectivity index (χ3n) is 2.45. The first-order chi connectivity index (χ1) is 7.74. The fourth-order valence-electron chi connectivity index (χ4n) is 1.42. The van der Waals surface area contributed by atoms with Crippen molar-refractivity contribution in [2.45, 2.75) is 13.8 Å². The van der Waals surface area contributed by atoms with Crippen LogP contribution in [0.2, 0.25) is 0 Å². The third kappa shape index (κ3) is 2.76. The Labute approximate surface area is 96.3 Å². The number of anilines is 2. The van der Waals surface area contributed by atoms with Crippen LogP contribution in [0.5, 0.6) is 0 Å². The van der Waals surface area contributed by atoms with E-state index in [4.69, 9.17) is 0 Å². The summed E-state index contributed by atoms with van der Waals surface area (Å²) in [4.78, 5) is 0. The summed E-state index contributed by atoms with van der Waals surface area (Å²) in [6, 6.07) is 16.5. The molecule has 2 aromatic rings. The van der Waals surface area contributed by atoms with Gasteiger partial charge in [0.25, 0.3) is 0 Å². The van der Waals surface area contributed by atoms with Gasteiger partial charge >= 0.3 is 0 Å². The van der Waals surface area contributed by atoms with Crippen LogP contribution in [0.3, 0.4) is 0 Å². The van der Waals surface area contributed by atoms with Gasteiger partial charge in [0, 0.05) is 0 Å². The normalized spacial score (nSPS) is 9.88. The van der Waals surface area contributed by atoms with Crippen LogP contribution in [0.1, 0.15) is 11.1 Å². The van der Waals surface area contributed by atoms with Crippen molar-refractivity contribution in [1.29, 1.82) is 0 Å². The molecule has 0 saturated heterocycles. The number of hydrogen-bond donors (Lipinski definition) is 2. The van der Waals surface area contributed by atoms with Gasteiger partial charge in [0.1, 0.15) is 0 Å². The predicted octanol–water partition coefficient (Wildman–Crippen LogP) is 3.74. The molecule has 0 heterocycles. The van der Waals surface area contributed by atoms with Crippen LogP contribution in [0, 0.1) is 13.8 Å². The van der Waals surface area contributed by atoms with Crippen molar-refractivity contribution in [3.63, 3.8) is 0 Å². The maximum atomic E-state index is 3.16. The highest BCUT2D eigenvalue weighted by Gasteiger charge is 1.92. The monoisotopic (exact) mass is 212 g/mol. The Hall–Kier alpha value is -1.96. The van der Waals surface area contributed by atoms with Crippen molar-refractivity contribution in [3.05, 3.63) is 59.7 Å². The highest BCUT2D eigenvalue weighted by atomic mass is 15.4. The van der Waals surface area contributed by atoms with Crippen molar-refractivity contribution >= 4 is 11.4 Å². The third-order valence-corrected chi connectivity index (χ3v) is 2.45. The zero-order valence-corrected chi connectivity index (χ0v) is 9.62. The van der Waals surface area contributed by atoms with Gasteiger partial charge in [-0.05, 0) is 38.1 Å². The van der Waals surface area contributed by atoms with Crippen LogP contribution in [-0.4, -0.2) is 0 Å². The van der Waals surface area contributed by atoms with Crippen molar-refractivity contribution in [1.82, 2.24) is 0 Å². The molecule has 0 unspecified atom stereocenters. The largest absolute Gasteiger partial charge is 0.301 e. The zero-order chi connectivity index (χ0) is 11.4. The van der Waals surface area contributed by atoms with E-state index in [1.807, 2.05) is 0 Å². The van der Waals surface area contributed by atoms with Crippen molar-refractivity contribution in [3.8, 4) is 0 Å². The van der Waals surface area contributed by atoms with Crippen LogP contribution in [-0.2, 0) is 0 Å². The van der Waals surface area contributed by atoms with Gasteiger partial charge < -0.3 is 10.9 Å². The summed E-state index contributed by atoms with van der Waals surface area (Å²) in [5.41, 5.74) is 11.0. The minimum absolute atomic E-state index is 1.06. The van der Waals surface area contributed by atoms with Gasteiger partial charge in [-0.15, -0.1) is 0 Å². The molecule has 16 heavy (non-hydrogen) atoms. The first-order valence-corrected chi connectivity index (χ1v) is 5.39. The lowest BCUT2D eigenvalue weighted by Gasteiger charge is -2.09. The zero-order valence-electron chi connectivity index (χ0n) is 9.62. The lowest BCUT2D eigenvalue weighted by atomic mass is 10.2. The number of nitrogens with one attached hydrogen (secondary N) is 2. The molecule has 2 rings (SSSR count). The maximum absolute atomic E-state index is 3.16. The molecule has 0 spiro atoms. The second-order valence-corrected chi connectivity index (χ2v) is 3.98. The first kappa shape index (κ1) is 10.6. The molecule has 0 fully saturated rings. The molecule has 0 amide bonds. The molecule has 0 aliphatic rings. The number of aryl methyl sites for hydroxylation is 2. The maximum Gasteiger partial charge on any atom is 0.0540 e. The molecule has 0 bridgehead atoms. The summed E-state index contributed by atoms with van der Waals surface area (Å²) in [7, 11) is 0. The number of benzene rings is 2. The minimum atomic E-state index is 1.06. The molecule has 0 aromatic heterocycles. The molecular weight excluding hydrogens is 196 g/mol. The van der Waals surface area contributed by atoms with Gasteiger partial charge in [-0.3, -0.25) is 0 Å². The van der Waals surface area contributed by atoms with E-state index in [9.17, 15) is 0 Å². The summed E-state index contributed by atoms with van der Waals surface area (Å²) in [6.07, 6.45) is 0. The van der Waals surface area contributed by atoms with Crippen molar-refractivity contribution in [2.24, 2.45) is 0 Å². The lowest BCUT2D eigenvalue weighted by Crippen LogP contribution is -2.08. The topological polar surface area (TPSA) is 24.1 Å². The van der Waals surface area contributed by atoms with E-state index in [0.29, 0.717) is 0 Å². The summed E-state index contributed by atoms with van der Waals surface area (Å²) < 4.78 is 0. The van der Waals surface area contributed by atoms with E-state index in [1.54, 1.807) is 0 Å². The van der Waals surface area contributed by atoms with Gasteiger partial charge in [-0.25, -0.2) is 0 Å². The molecule has 2 N–H and O–H groups in total. The van der Waals surface area contributed by atoms with Crippen molar-refractivity contribution in [2.75, 3.05) is 10.9 Å². The minimum Gasteiger partial charge on any atom is -0.301 e. The molecule has 0 radical (unpaired) electrons. The molecule has 2 nitrogen and oxygen atoms in total. The first-order valence-electron chi connectivity index (χ1n) is 5.39. The average molecular weight is 212 g/mol. The van der Waals surface area contributed by atoms with E-state index >= 15 is 0 Å². The Balaban J connectivity index is 1.97. The summed E-state index contributed by atoms with van der Waals surface area (Å²) in [5, 5.41) is 0. The fourth-order valence-corrected chi connectivity index (χ4v) is 1.42. The van der Waals surface area contributed by atoms with E-state index in [-0.39, 0.29) is 0 Å². The smallest absolute Gasteiger partial charge is 0.0540 e. The number of hydrogen-bond acceptors (Lipinski definition) is 2. The molecule has 0 saturated carbocycles. The van der Waals surface area contributed by atoms with Crippen LogP contribution in [0.4, 0.5) is 11.4 Å². The molecule has 0 atom stereocenters. The predicted molar refractivity (Wildman–Crippen MR) is 69.6 cm³/mol. The standard InChI is InChI=1S/C14H16N2/c1-11-3-7-13(8-4-11)15-16-14-9-5-12(2)6-10-14/h3-10,15-16H,1-2H3. The molecule has 0 aliphatic carbocycles. The van der Waals surface area contributed by atoms with Crippen LogP contribution in [0.25, 0.3) is 0 Å². The van der Waals surface area contributed by atoms with Crippen LogP contribution >= 0.6 is 0 Å². The van der Waals surface area contributed by atoms with Gasteiger partial charge in [0.15, 0.2) is 0 Å². The fraction of sp³-hybridized carbons (Fsp3) is 0.143. The average Bonchev–Trinajstić information content (AvgIpc) is 2.30. The Bertz CT molecular complexity index is 398. The lowest BCUT2D eigenvalue weighted by molar-refractivity contribution is 1.38. The van der Waals surface area contributed by atoms with Crippen LogP contribution < -0.4 is 10.9 Å². The second-order valence-electron chi connectivity index (χ2n) is 3.98. The molecule has 0 aliphatic heterocycles. The summed E-state index contributed by atoms with van der Waals surface area (Å²) >= 11 is 0. The van der Waals surface area contributed by atoms with E-state index in [1.165, 1.54) is 11.1 Å². The molecular formula is C14H16N2. The van der Waals surface area contributed by atoms with Gasteiger partial charge in [-0.2, -0.15) is 0 Å². The quantitative estimate of drug-likeness (QED) is 0.757. The summed E-state index contributed by atoms with van der Waals surface area (Å²) in [6.45, 7) is 4.16. The van der Waals surface area contributed by atoms with Gasteiger partial charge in [0.05, 0.1) is 11.4 Å². The highest BCUT2D eigenvalue weighted by Crippen LogP contribution is 2.11. The Morgan fingerprint density at radius 1 is 0.562 bits per heavy atom. The molecule has 2 heteroatoms. The highest BCUT2D eigenvalue weighted by molar-refractivity contribution is 5.53. The van der Waals surface area contributed by atoms with Gasteiger partial charge in [0.2, 0.25) is 0 Å².